The summed E-state index contributed by atoms with van der Waals surface area (Å²) in [5, 5.41) is 5.57. The maximum absolute atomic E-state index is 12.4. The predicted octanol–water partition coefficient (Wildman–Crippen LogP) is 3.37. The number of rotatable bonds is 4. The van der Waals surface area contributed by atoms with Crippen molar-refractivity contribution in [1.82, 2.24) is 0 Å². The molecule has 0 bridgehead atoms. The van der Waals surface area contributed by atoms with Crippen molar-refractivity contribution < 1.29 is 19.1 Å². The maximum Gasteiger partial charge on any atom is 0.338 e. The molecular weight excluding hydrogens is 344 g/mol. The second-order valence-electron chi connectivity index (χ2n) is 6.78. The lowest BCUT2D eigenvalue weighted by Crippen LogP contribution is -2.30. The van der Waals surface area contributed by atoms with Gasteiger partial charge in [-0.3, -0.25) is 9.59 Å². The van der Waals surface area contributed by atoms with E-state index in [1.807, 2.05) is 32.0 Å². The zero-order valence-electron chi connectivity index (χ0n) is 15.6. The van der Waals surface area contributed by atoms with Gasteiger partial charge in [0.15, 0.2) is 6.10 Å². The van der Waals surface area contributed by atoms with Gasteiger partial charge in [-0.15, -0.1) is 0 Å². The third-order valence-electron chi connectivity index (χ3n) is 4.54. The largest absolute Gasteiger partial charge is 0.449 e. The van der Waals surface area contributed by atoms with Crippen molar-refractivity contribution >= 4 is 29.2 Å². The minimum absolute atomic E-state index is 0.0328. The van der Waals surface area contributed by atoms with E-state index in [1.165, 1.54) is 6.92 Å². The van der Waals surface area contributed by atoms with Crippen LogP contribution in [-0.4, -0.2) is 23.9 Å². The van der Waals surface area contributed by atoms with Gasteiger partial charge in [0.05, 0.1) is 5.56 Å². The van der Waals surface area contributed by atoms with E-state index in [-0.39, 0.29) is 11.8 Å². The standard InChI is InChI=1S/C21H22N2O4/c1-12-4-5-13(2)18(10-12)23-20(25)14(3)27-21(26)16-6-8-17-15(11-16)7-9-19(24)22-17/h4-6,8,10-11,14H,7,9H2,1-3H3,(H,22,24)(H,23,25). The number of nitrogens with one attached hydrogen (secondary N) is 2. The zero-order valence-corrected chi connectivity index (χ0v) is 15.6. The molecule has 6 nitrogen and oxygen atoms in total. The van der Waals surface area contributed by atoms with Crippen molar-refractivity contribution in [2.45, 2.75) is 39.7 Å². The molecule has 1 aliphatic rings. The number of carbonyl (C=O) groups excluding carboxylic acids is 3. The van der Waals surface area contributed by atoms with Crippen molar-refractivity contribution in [1.29, 1.82) is 0 Å². The fraction of sp³-hybridized carbons (Fsp3) is 0.286. The highest BCUT2D eigenvalue weighted by Crippen LogP contribution is 2.24. The van der Waals surface area contributed by atoms with Gasteiger partial charge in [-0.05, 0) is 68.1 Å². The lowest BCUT2D eigenvalue weighted by atomic mass is 10.0. The van der Waals surface area contributed by atoms with Crippen LogP contribution >= 0.6 is 0 Å². The molecule has 2 N–H and O–H groups in total. The number of carbonyl (C=O) groups is 3. The zero-order chi connectivity index (χ0) is 19.6. The highest BCUT2D eigenvalue weighted by Gasteiger charge is 2.21. The van der Waals surface area contributed by atoms with Gasteiger partial charge in [0.25, 0.3) is 5.91 Å². The first-order chi connectivity index (χ1) is 12.8. The third-order valence-corrected chi connectivity index (χ3v) is 4.54. The Bertz CT molecular complexity index is 920. The molecule has 0 aliphatic carbocycles. The topological polar surface area (TPSA) is 84.5 Å². The Balaban J connectivity index is 1.65. The van der Waals surface area contributed by atoms with Gasteiger partial charge in [-0.2, -0.15) is 0 Å². The average Bonchev–Trinajstić information content (AvgIpc) is 2.64. The van der Waals surface area contributed by atoms with Gasteiger partial charge in [0.1, 0.15) is 0 Å². The van der Waals surface area contributed by atoms with E-state index in [4.69, 9.17) is 4.74 Å². The molecule has 0 fully saturated rings. The molecule has 2 amide bonds. The lowest BCUT2D eigenvalue weighted by Gasteiger charge is -2.18. The lowest BCUT2D eigenvalue weighted by molar-refractivity contribution is -0.123. The van der Waals surface area contributed by atoms with Crippen molar-refractivity contribution in [2.75, 3.05) is 10.6 Å². The van der Waals surface area contributed by atoms with E-state index in [0.29, 0.717) is 29.8 Å². The number of aryl methyl sites for hydroxylation is 3. The van der Waals surface area contributed by atoms with E-state index in [9.17, 15) is 14.4 Å². The summed E-state index contributed by atoms with van der Waals surface area (Å²) in [6.07, 6.45) is 0.0265. The predicted molar refractivity (Wildman–Crippen MR) is 103 cm³/mol. The molecule has 2 aromatic rings. The van der Waals surface area contributed by atoms with Gasteiger partial charge in [0, 0.05) is 17.8 Å². The molecule has 1 heterocycles. The normalized spacial score (nSPS) is 14.0. The second-order valence-corrected chi connectivity index (χ2v) is 6.78. The van der Waals surface area contributed by atoms with Crippen LogP contribution in [0, 0.1) is 13.8 Å². The first kappa shape index (κ1) is 18.6. The van der Waals surface area contributed by atoms with Crippen LogP contribution in [0.1, 0.15) is 40.4 Å². The molecular formula is C21H22N2O4. The van der Waals surface area contributed by atoms with Crippen LogP contribution in [0.2, 0.25) is 0 Å². The number of amides is 2. The van der Waals surface area contributed by atoms with Gasteiger partial charge < -0.3 is 15.4 Å². The number of hydrogen-bond acceptors (Lipinski definition) is 4. The molecule has 1 atom stereocenters. The Labute approximate surface area is 157 Å². The van der Waals surface area contributed by atoms with E-state index >= 15 is 0 Å². The molecule has 140 valence electrons. The summed E-state index contributed by atoms with van der Waals surface area (Å²) < 4.78 is 5.31. The molecule has 1 aliphatic heterocycles. The summed E-state index contributed by atoms with van der Waals surface area (Å²) >= 11 is 0. The van der Waals surface area contributed by atoms with E-state index in [2.05, 4.69) is 10.6 Å². The molecule has 27 heavy (non-hydrogen) atoms. The Morgan fingerprint density at radius 3 is 2.67 bits per heavy atom. The molecule has 0 saturated heterocycles. The summed E-state index contributed by atoms with van der Waals surface area (Å²) in [5.74, 6) is -0.991. The Kier molecular flexibility index (Phi) is 5.26. The molecule has 2 aromatic carbocycles. The minimum atomic E-state index is -0.937. The highest BCUT2D eigenvalue weighted by molar-refractivity contribution is 5.99. The van der Waals surface area contributed by atoms with Crippen LogP contribution in [0.25, 0.3) is 0 Å². The number of fused-ring (bicyclic) bond motifs is 1. The summed E-state index contributed by atoms with van der Waals surface area (Å²) in [4.78, 5) is 36.2. The fourth-order valence-corrected chi connectivity index (χ4v) is 2.90. The van der Waals surface area contributed by atoms with Gasteiger partial charge in [0.2, 0.25) is 5.91 Å². The number of benzene rings is 2. The average molecular weight is 366 g/mol. The Hall–Kier alpha value is -3.15. The van der Waals surface area contributed by atoms with Crippen molar-refractivity contribution in [3.05, 3.63) is 58.7 Å². The quantitative estimate of drug-likeness (QED) is 0.813. The monoisotopic (exact) mass is 366 g/mol. The highest BCUT2D eigenvalue weighted by atomic mass is 16.5. The first-order valence-electron chi connectivity index (χ1n) is 8.85. The molecule has 6 heteroatoms. The maximum atomic E-state index is 12.4. The van der Waals surface area contributed by atoms with Crippen molar-refractivity contribution in [3.8, 4) is 0 Å². The van der Waals surface area contributed by atoms with Crippen LogP contribution in [-0.2, 0) is 20.7 Å². The van der Waals surface area contributed by atoms with Gasteiger partial charge >= 0.3 is 5.97 Å². The fourth-order valence-electron chi connectivity index (χ4n) is 2.90. The molecule has 3 rings (SSSR count). The summed E-state index contributed by atoms with van der Waals surface area (Å²) in [7, 11) is 0. The summed E-state index contributed by atoms with van der Waals surface area (Å²) in [5.41, 5.74) is 4.62. The smallest absolute Gasteiger partial charge is 0.338 e. The van der Waals surface area contributed by atoms with Crippen LogP contribution in [0.5, 0.6) is 0 Å². The summed E-state index contributed by atoms with van der Waals surface area (Å²) in [6.45, 7) is 5.38. The van der Waals surface area contributed by atoms with Crippen LogP contribution in [0.4, 0.5) is 11.4 Å². The minimum Gasteiger partial charge on any atom is -0.449 e. The number of ether oxygens (including phenoxy) is 1. The Morgan fingerprint density at radius 2 is 1.89 bits per heavy atom. The SMILES string of the molecule is Cc1ccc(C)c(NC(=O)C(C)OC(=O)c2ccc3c(c2)CCC(=O)N3)c1. The van der Waals surface area contributed by atoms with E-state index < -0.39 is 12.1 Å². The molecule has 1 unspecified atom stereocenters. The van der Waals surface area contributed by atoms with Gasteiger partial charge in [-0.25, -0.2) is 4.79 Å². The second kappa shape index (κ2) is 7.61. The Morgan fingerprint density at radius 1 is 1.11 bits per heavy atom. The molecule has 0 saturated carbocycles. The first-order valence-corrected chi connectivity index (χ1v) is 8.85. The van der Waals surface area contributed by atoms with Crippen LogP contribution in [0.15, 0.2) is 36.4 Å². The molecule has 0 aromatic heterocycles. The van der Waals surface area contributed by atoms with Crippen LogP contribution in [0.3, 0.4) is 0 Å². The number of hydrogen-bond donors (Lipinski definition) is 2. The molecule has 0 spiro atoms. The van der Waals surface area contributed by atoms with E-state index in [0.717, 1.165) is 16.7 Å². The van der Waals surface area contributed by atoms with Crippen molar-refractivity contribution in [2.24, 2.45) is 0 Å². The number of esters is 1. The number of anilines is 2. The van der Waals surface area contributed by atoms with E-state index in [1.54, 1.807) is 18.2 Å². The molecule has 0 radical (unpaired) electrons. The third kappa shape index (κ3) is 4.34. The summed E-state index contributed by atoms with van der Waals surface area (Å²) in [6, 6.07) is 10.7. The van der Waals surface area contributed by atoms with Crippen LogP contribution < -0.4 is 10.6 Å². The van der Waals surface area contributed by atoms with Crippen molar-refractivity contribution in [3.63, 3.8) is 0 Å². The van der Waals surface area contributed by atoms with Gasteiger partial charge in [-0.1, -0.05) is 12.1 Å².